The molecule has 0 aliphatic carbocycles. The van der Waals surface area contributed by atoms with Gasteiger partial charge < -0.3 is 15.2 Å². The summed E-state index contributed by atoms with van der Waals surface area (Å²) in [5, 5.41) is 6.06. The second-order valence-electron chi connectivity index (χ2n) is 4.72. The molecule has 2 aromatic rings. The molecular formula is C15H21N5O. The molecule has 6 heteroatoms. The Bertz CT molecular complexity index is 553. The number of nitrogens with one attached hydrogen (secondary N) is 2. The molecule has 6 nitrogen and oxygen atoms in total. The first-order chi connectivity index (χ1) is 10.3. The Morgan fingerprint density at radius 1 is 1.33 bits per heavy atom. The van der Waals surface area contributed by atoms with E-state index in [0.29, 0.717) is 12.2 Å². The molecule has 1 amide bonds. The largest absolute Gasteiger partial charge is 0.385 e. The zero-order chi connectivity index (χ0) is 14.9. The minimum absolute atomic E-state index is 0.138. The summed E-state index contributed by atoms with van der Waals surface area (Å²) in [5.41, 5.74) is 1.37. The number of aromatic nitrogens is 3. The Morgan fingerprint density at radius 3 is 3.00 bits per heavy atom. The number of rotatable bonds is 8. The molecule has 0 saturated carbocycles. The van der Waals surface area contributed by atoms with Crippen molar-refractivity contribution in [2.24, 2.45) is 0 Å². The molecule has 0 bridgehead atoms. The zero-order valence-electron chi connectivity index (χ0n) is 12.2. The molecule has 0 aliphatic heterocycles. The second kappa shape index (κ2) is 8.04. The number of hydrogen-bond acceptors (Lipinski definition) is 4. The highest BCUT2D eigenvalue weighted by Crippen LogP contribution is 2.08. The van der Waals surface area contributed by atoms with Gasteiger partial charge in [0.05, 0.1) is 6.33 Å². The van der Waals surface area contributed by atoms with Gasteiger partial charge in [-0.15, -0.1) is 0 Å². The third-order valence-corrected chi connectivity index (χ3v) is 3.06. The van der Waals surface area contributed by atoms with E-state index in [2.05, 4.69) is 25.2 Å². The van der Waals surface area contributed by atoms with Crippen LogP contribution < -0.4 is 10.6 Å². The minimum atomic E-state index is -0.138. The van der Waals surface area contributed by atoms with Crippen molar-refractivity contribution in [3.8, 4) is 0 Å². The first-order valence-corrected chi connectivity index (χ1v) is 7.23. The van der Waals surface area contributed by atoms with Crippen LogP contribution in [0, 0.1) is 0 Å². The van der Waals surface area contributed by atoms with Crippen LogP contribution in [0.5, 0.6) is 0 Å². The van der Waals surface area contributed by atoms with Crippen LogP contribution in [-0.4, -0.2) is 33.5 Å². The van der Waals surface area contributed by atoms with Crippen molar-refractivity contribution in [1.82, 2.24) is 19.9 Å². The molecular weight excluding hydrogens is 266 g/mol. The van der Waals surface area contributed by atoms with Gasteiger partial charge in [0.25, 0.3) is 5.91 Å². The molecule has 0 spiro atoms. The average Bonchev–Trinajstić information content (AvgIpc) is 3.01. The number of amides is 1. The minimum Gasteiger partial charge on any atom is -0.385 e. The fourth-order valence-electron chi connectivity index (χ4n) is 1.99. The van der Waals surface area contributed by atoms with Crippen molar-refractivity contribution in [2.75, 3.05) is 18.4 Å². The Kier molecular flexibility index (Phi) is 5.75. The number of unbranched alkanes of at least 4 members (excludes halogenated alkanes) is 1. The maximum absolute atomic E-state index is 11.7. The quantitative estimate of drug-likeness (QED) is 0.728. The molecule has 2 heterocycles. The number of nitrogens with zero attached hydrogens (tertiary/aromatic N) is 3. The summed E-state index contributed by atoms with van der Waals surface area (Å²) >= 11 is 0. The first-order valence-electron chi connectivity index (χ1n) is 7.23. The SMILES string of the molecule is CCNC(=O)c1cc(NCCCCn2ccnc2)ccn1. The molecule has 2 aromatic heterocycles. The first kappa shape index (κ1) is 15.0. The molecule has 2 rings (SSSR count). The van der Waals surface area contributed by atoms with E-state index in [1.54, 1.807) is 18.5 Å². The van der Waals surface area contributed by atoms with E-state index in [9.17, 15) is 4.79 Å². The van der Waals surface area contributed by atoms with Gasteiger partial charge in [-0.25, -0.2) is 4.98 Å². The maximum Gasteiger partial charge on any atom is 0.269 e. The fraction of sp³-hybridized carbons (Fsp3) is 0.400. The summed E-state index contributed by atoms with van der Waals surface area (Å²) in [7, 11) is 0. The molecule has 112 valence electrons. The lowest BCUT2D eigenvalue weighted by Gasteiger charge is -2.08. The monoisotopic (exact) mass is 287 g/mol. The normalized spacial score (nSPS) is 10.3. The Labute approximate surface area is 124 Å². The van der Waals surface area contributed by atoms with E-state index < -0.39 is 0 Å². The van der Waals surface area contributed by atoms with E-state index in [1.165, 1.54) is 0 Å². The Morgan fingerprint density at radius 2 is 2.24 bits per heavy atom. The van der Waals surface area contributed by atoms with Crippen LogP contribution in [0.3, 0.4) is 0 Å². The number of pyridine rings is 1. The molecule has 0 atom stereocenters. The summed E-state index contributed by atoms with van der Waals surface area (Å²) in [4.78, 5) is 19.8. The van der Waals surface area contributed by atoms with Gasteiger partial charge >= 0.3 is 0 Å². The van der Waals surface area contributed by atoms with Crippen LogP contribution in [0.4, 0.5) is 5.69 Å². The summed E-state index contributed by atoms with van der Waals surface area (Å²) in [6.45, 7) is 4.34. The van der Waals surface area contributed by atoms with Gasteiger partial charge in [-0.1, -0.05) is 0 Å². The topological polar surface area (TPSA) is 71.8 Å². The molecule has 0 aromatic carbocycles. The molecule has 0 radical (unpaired) electrons. The average molecular weight is 287 g/mol. The number of hydrogen-bond donors (Lipinski definition) is 2. The summed E-state index contributed by atoms with van der Waals surface area (Å²) in [5.74, 6) is -0.138. The third kappa shape index (κ3) is 4.91. The number of carbonyl (C=O) groups is 1. The third-order valence-electron chi connectivity index (χ3n) is 3.06. The van der Waals surface area contributed by atoms with Gasteiger partial charge in [-0.05, 0) is 31.9 Å². The second-order valence-corrected chi connectivity index (χ2v) is 4.72. The fourth-order valence-corrected chi connectivity index (χ4v) is 1.99. The Hall–Kier alpha value is -2.37. The van der Waals surface area contributed by atoms with E-state index >= 15 is 0 Å². The molecule has 0 aliphatic rings. The van der Waals surface area contributed by atoms with Crippen LogP contribution in [0.1, 0.15) is 30.3 Å². The van der Waals surface area contributed by atoms with Crippen LogP contribution in [0.25, 0.3) is 0 Å². The van der Waals surface area contributed by atoms with Crippen molar-refractivity contribution < 1.29 is 4.79 Å². The van der Waals surface area contributed by atoms with Crippen LogP contribution in [0.2, 0.25) is 0 Å². The lowest BCUT2D eigenvalue weighted by atomic mass is 10.2. The number of carbonyl (C=O) groups excluding carboxylic acids is 1. The van der Waals surface area contributed by atoms with Gasteiger partial charge in [-0.2, -0.15) is 0 Å². The van der Waals surface area contributed by atoms with Crippen molar-refractivity contribution in [3.63, 3.8) is 0 Å². The van der Waals surface area contributed by atoms with Gasteiger partial charge in [-0.3, -0.25) is 9.78 Å². The Balaban J connectivity index is 1.72. The van der Waals surface area contributed by atoms with Gasteiger partial charge in [0.1, 0.15) is 5.69 Å². The molecule has 0 fully saturated rings. The maximum atomic E-state index is 11.7. The lowest BCUT2D eigenvalue weighted by molar-refractivity contribution is 0.0951. The summed E-state index contributed by atoms with van der Waals surface area (Å²) in [6, 6.07) is 3.65. The predicted octanol–water partition coefficient (Wildman–Crippen LogP) is 1.92. The van der Waals surface area contributed by atoms with Crippen LogP contribution in [-0.2, 0) is 6.54 Å². The number of imidazole rings is 1. The summed E-state index contributed by atoms with van der Waals surface area (Å²) in [6.07, 6.45) is 9.37. The van der Waals surface area contributed by atoms with Gasteiger partial charge in [0.2, 0.25) is 0 Å². The van der Waals surface area contributed by atoms with E-state index in [1.807, 2.05) is 25.5 Å². The molecule has 21 heavy (non-hydrogen) atoms. The smallest absolute Gasteiger partial charge is 0.269 e. The van der Waals surface area contributed by atoms with E-state index in [-0.39, 0.29) is 5.91 Å². The standard InChI is InChI=1S/C15H21N5O/c1-2-17-15(21)14-11-13(5-7-19-14)18-6-3-4-9-20-10-8-16-12-20/h5,7-8,10-12H,2-4,6,9H2,1H3,(H,17,21)(H,18,19). The highest BCUT2D eigenvalue weighted by Gasteiger charge is 2.05. The highest BCUT2D eigenvalue weighted by molar-refractivity contribution is 5.93. The van der Waals surface area contributed by atoms with Crippen molar-refractivity contribution >= 4 is 11.6 Å². The van der Waals surface area contributed by atoms with Crippen molar-refractivity contribution in [2.45, 2.75) is 26.3 Å². The number of anilines is 1. The molecule has 2 N–H and O–H groups in total. The highest BCUT2D eigenvalue weighted by atomic mass is 16.1. The van der Waals surface area contributed by atoms with Crippen molar-refractivity contribution in [1.29, 1.82) is 0 Å². The van der Waals surface area contributed by atoms with Crippen LogP contribution in [0.15, 0.2) is 37.1 Å². The van der Waals surface area contributed by atoms with Crippen molar-refractivity contribution in [3.05, 3.63) is 42.7 Å². The molecule has 0 unspecified atom stereocenters. The van der Waals surface area contributed by atoms with E-state index in [4.69, 9.17) is 0 Å². The summed E-state index contributed by atoms with van der Waals surface area (Å²) < 4.78 is 2.07. The van der Waals surface area contributed by atoms with Gasteiger partial charge in [0.15, 0.2) is 0 Å². The lowest BCUT2D eigenvalue weighted by Crippen LogP contribution is -2.23. The zero-order valence-corrected chi connectivity index (χ0v) is 12.2. The van der Waals surface area contributed by atoms with Crippen LogP contribution >= 0.6 is 0 Å². The molecule has 0 saturated heterocycles. The van der Waals surface area contributed by atoms with E-state index in [0.717, 1.165) is 31.6 Å². The predicted molar refractivity (Wildman–Crippen MR) is 82.2 cm³/mol. The van der Waals surface area contributed by atoms with Gasteiger partial charge in [0, 0.05) is 43.9 Å². The number of aryl methyl sites for hydroxylation is 1.